The van der Waals surface area contributed by atoms with E-state index in [1.165, 1.54) is 7.11 Å². The molecular weight excluding hydrogens is 325 g/mol. The van der Waals surface area contributed by atoms with Crippen LogP contribution in [0.3, 0.4) is 0 Å². The zero-order valence-corrected chi connectivity index (χ0v) is 13.6. The Morgan fingerprint density at radius 3 is 2.96 bits per heavy atom. The lowest BCUT2D eigenvalue weighted by molar-refractivity contribution is -0.124. The van der Waals surface area contributed by atoms with Gasteiger partial charge in [0.15, 0.2) is 6.17 Å². The van der Waals surface area contributed by atoms with Gasteiger partial charge >= 0.3 is 0 Å². The van der Waals surface area contributed by atoms with Crippen LogP contribution in [0, 0.1) is 16.7 Å². The van der Waals surface area contributed by atoms with Crippen molar-refractivity contribution in [3.63, 3.8) is 0 Å². The van der Waals surface area contributed by atoms with Crippen molar-refractivity contribution >= 4 is 16.7 Å². The van der Waals surface area contributed by atoms with Crippen molar-refractivity contribution in [2.24, 2.45) is 5.41 Å². The van der Waals surface area contributed by atoms with E-state index in [1.807, 2.05) is 0 Å². The molecule has 1 aliphatic carbocycles. The number of carbonyl (C=O) groups excluding carboxylic acids is 1. The third kappa shape index (κ3) is 2.37. The molecule has 1 amide bonds. The van der Waals surface area contributed by atoms with E-state index >= 15 is 0 Å². The van der Waals surface area contributed by atoms with Crippen LogP contribution < -0.4 is 14.8 Å². The zero-order chi connectivity index (χ0) is 17.6. The number of carbonyl (C=O) groups is 1. The maximum Gasteiger partial charge on any atom is 0.255 e. The number of amides is 1. The second kappa shape index (κ2) is 5.59. The van der Waals surface area contributed by atoms with E-state index < -0.39 is 17.5 Å². The van der Waals surface area contributed by atoms with E-state index in [9.17, 15) is 14.4 Å². The summed E-state index contributed by atoms with van der Waals surface area (Å²) in [5, 5.41) is 13.4. The highest BCUT2D eigenvalue weighted by atomic mass is 19.1. The number of ether oxygens (including phenoxy) is 2. The summed E-state index contributed by atoms with van der Waals surface area (Å²) in [5.74, 6) is 0.245. The fraction of sp³-hybridized carbons (Fsp3) is 0.389. The van der Waals surface area contributed by atoms with E-state index in [2.05, 4.69) is 16.4 Å². The molecule has 1 spiro atoms. The molecule has 2 fully saturated rings. The number of rotatable bonds is 4. The van der Waals surface area contributed by atoms with Gasteiger partial charge in [-0.2, -0.15) is 5.26 Å². The van der Waals surface area contributed by atoms with Crippen LogP contribution in [0.5, 0.6) is 11.6 Å². The van der Waals surface area contributed by atoms with Gasteiger partial charge in [-0.25, -0.2) is 9.37 Å². The molecule has 0 radical (unpaired) electrons. The van der Waals surface area contributed by atoms with Gasteiger partial charge in [0.1, 0.15) is 18.4 Å². The number of fused-ring (bicyclic) bond motifs is 1. The third-order valence-corrected chi connectivity index (χ3v) is 5.13. The highest BCUT2D eigenvalue weighted by molar-refractivity contribution is 5.89. The number of pyridine rings is 1. The first-order chi connectivity index (χ1) is 12.1. The second-order valence-electron chi connectivity index (χ2n) is 6.47. The minimum atomic E-state index is -1.46. The summed E-state index contributed by atoms with van der Waals surface area (Å²) < 4.78 is 25.1. The van der Waals surface area contributed by atoms with Crippen LogP contribution in [0.15, 0.2) is 24.4 Å². The van der Waals surface area contributed by atoms with Crippen molar-refractivity contribution in [2.75, 3.05) is 13.7 Å². The summed E-state index contributed by atoms with van der Waals surface area (Å²) >= 11 is 0. The van der Waals surface area contributed by atoms with Gasteiger partial charge in [-0.1, -0.05) is 0 Å². The largest absolute Gasteiger partial charge is 0.495 e. The van der Waals surface area contributed by atoms with Crippen LogP contribution >= 0.6 is 0 Å². The minimum Gasteiger partial charge on any atom is -0.495 e. The minimum absolute atomic E-state index is 0.153. The molecule has 0 bridgehead atoms. The normalized spacial score (nSPS) is 23.3. The molecule has 1 aromatic carbocycles. The number of aromatic nitrogens is 1. The van der Waals surface area contributed by atoms with Crippen LogP contribution in [0.4, 0.5) is 4.39 Å². The van der Waals surface area contributed by atoms with Crippen molar-refractivity contribution in [2.45, 2.75) is 25.1 Å². The van der Waals surface area contributed by atoms with E-state index in [1.54, 1.807) is 24.4 Å². The summed E-state index contributed by atoms with van der Waals surface area (Å²) in [6.45, 7) is 0.153. The Morgan fingerprint density at radius 2 is 2.28 bits per heavy atom. The predicted molar refractivity (Wildman–Crippen MR) is 87.0 cm³/mol. The standard InChI is InChI=1S/C18H16FN3O3/c1-24-13-7-12-10(6-11(13)8-20)2-5-21-17(12)25-9-14-18(3-4-18)15(19)16(23)22-14/h2,5-7,14-15H,3-4,9H2,1H3,(H,22,23)/t14-,15+/m1/s1. The molecule has 1 N–H and O–H groups in total. The Morgan fingerprint density at radius 1 is 1.48 bits per heavy atom. The fourth-order valence-corrected chi connectivity index (χ4v) is 3.49. The molecule has 1 saturated carbocycles. The highest BCUT2D eigenvalue weighted by Crippen LogP contribution is 2.55. The molecule has 6 nitrogen and oxygen atoms in total. The van der Waals surface area contributed by atoms with E-state index in [0.717, 1.165) is 5.39 Å². The van der Waals surface area contributed by atoms with Gasteiger partial charge in [0.25, 0.3) is 5.91 Å². The van der Waals surface area contributed by atoms with Gasteiger partial charge in [-0.3, -0.25) is 4.79 Å². The van der Waals surface area contributed by atoms with Gasteiger partial charge in [0.05, 0.1) is 18.7 Å². The molecule has 25 heavy (non-hydrogen) atoms. The number of benzene rings is 1. The molecular formula is C18H16FN3O3. The van der Waals surface area contributed by atoms with Crippen molar-refractivity contribution in [3.8, 4) is 17.7 Å². The van der Waals surface area contributed by atoms with Crippen LogP contribution in [0.1, 0.15) is 18.4 Å². The van der Waals surface area contributed by atoms with Gasteiger partial charge in [0, 0.05) is 17.0 Å². The molecule has 128 valence electrons. The molecule has 7 heteroatoms. The third-order valence-electron chi connectivity index (χ3n) is 5.13. The number of nitrogens with zero attached hydrogens (tertiary/aromatic N) is 2. The summed E-state index contributed by atoms with van der Waals surface area (Å²) in [6.07, 6.45) is 1.50. The Bertz CT molecular complexity index is 904. The van der Waals surface area contributed by atoms with Gasteiger partial charge in [-0.05, 0) is 36.4 Å². The molecule has 2 aliphatic rings. The molecule has 1 aliphatic heterocycles. The van der Waals surface area contributed by atoms with Gasteiger partial charge < -0.3 is 14.8 Å². The molecule has 2 atom stereocenters. The molecule has 2 heterocycles. The Balaban J connectivity index is 1.62. The number of hydrogen-bond donors (Lipinski definition) is 1. The van der Waals surface area contributed by atoms with Crippen molar-refractivity contribution in [1.29, 1.82) is 5.26 Å². The van der Waals surface area contributed by atoms with E-state index in [0.29, 0.717) is 35.4 Å². The topological polar surface area (TPSA) is 84.2 Å². The molecule has 2 aromatic rings. The van der Waals surface area contributed by atoms with Crippen molar-refractivity contribution in [3.05, 3.63) is 30.0 Å². The quantitative estimate of drug-likeness (QED) is 0.921. The fourth-order valence-electron chi connectivity index (χ4n) is 3.49. The first-order valence-corrected chi connectivity index (χ1v) is 8.03. The zero-order valence-electron chi connectivity index (χ0n) is 13.6. The maximum atomic E-state index is 14.0. The molecule has 1 saturated heterocycles. The number of alkyl halides is 1. The number of methoxy groups -OCH3 is 1. The Labute approximate surface area is 143 Å². The number of halogens is 1. The predicted octanol–water partition coefficient (Wildman–Crippen LogP) is 2.11. The number of nitrogens with one attached hydrogen (secondary N) is 1. The summed E-state index contributed by atoms with van der Waals surface area (Å²) in [4.78, 5) is 15.9. The Hall–Kier alpha value is -2.88. The van der Waals surface area contributed by atoms with Crippen LogP contribution in [-0.4, -0.2) is 36.8 Å². The van der Waals surface area contributed by atoms with E-state index in [4.69, 9.17) is 9.47 Å². The van der Waals surface area contributed by atoms with Crippen LogP contribution in [0.2, 0.25) is 0 Å². The smallest absolute Gasteiger partial charge is 0.255 e. The van der Waals surface area contributed by atoms with Gasteiger partial charge in [-0.15, -0.1) is 0 Å². The second-order valence-corrected chi connectivity index (χ2v) is 6.47. The molecule has 0 unspecified atom stereocenters. The Kier molecular flexibility index (Phi) is 3.49. The van der Waals surface area contributed by atoms with Crippen LogP contribution in [0.25, 0.3) is 10.8 Å². The highest BCUT2D eigenvalue weighted by Gasteiger charge is 2.63. The lowest BCUT2D eigenvalue weighted by atomic mass is 9.96. The lowest BCUT2D eigenvalue weighted by Crippen LogP contribution is -2.36. The van der Waals surface area contributed by atoms with Crippen molar-refractivity contribution < 1.29 is 18.7 Å². The average Bonchev–Trinajstić information content (AvgIpc) is 3.40. The molecule has 4 rings (SSSR count). The van der Waals surface area contributed by atoms with Crippen molar-refractivity contribution in [1.82, 2.24) is 10.3 Å². The summed E-state index contributed by atoms with van der Waals surface area (Å²) in [5.41, 5.74) is -0.194. The number of nitriles is 1. The molecule has 1 aromatic heterocycles. The van der Waals surface area contributed by atoms with Gasteiger partial charge in [0.2, 0.25) is 5.88 Å². The first-order valence-electron chi connectivity index (χ1n) is 8.03. The van der Waals surface area contributed by atoms with Crippen LogP contribution in [-0.2, 0) is 4.79 Å². The lowest BCUT2D eigenvalue weighted by Gasteiger charge is -2.19. The SMILES string of the molecule is COc1cc2c(OC[C@H]3NC(=O)[C@H](F)C34CC4)nccc2cc1C#N. The number of hydrogen-bond acceptors (Lipinski definition) is 5. The average molecular weight is 341 g/mol. The van der Waals surface area contributed by atoms with E-state index in [-0.39, 0.29) is 12.6 Å². The summed E-state index contributed by atoms with van der Waals surface area (Å²) in [7, 11) is 1.49. The maximum absolute atomic E-state index is 14.0. The monoisotopic (exact) mass is 341 g/mol. The first kappa shape index (κ1) is 15.6. The summed E-state index contributed by atoms with van der Waals surface area (Å²) in [6, 6.07) is 6.92.